The second-order valence-electron chi connectivity index (χ2n) is 4.20. The topological polar surface area (TPSA) is 57.9 Å². The molecule has 0 saturated heterocycles. The second kappa shape index (κ2) is 6.60. The van der Waals surface area contributed by atoms with Gasteiger partial charge in [0, 0.05) is 0 Å². The van der Waals surface area contributed by atoms with Gasteiger partial charge in [-0.05, 0) is 29.5 Å². The highest BCUT2D eigenvalue weighted by Gasteiger charge is 2.23. The third-order valence-corrected chi connectivity index (χ3v) is 5.64. The van der Waals surface area contributed by atoms with E-state index in [1.54, 1.807) is 30.3 Å². The molecule has 2 aromatic rings. The van der Waals surface area contributed by atoms with Crippen LogP contribution in [0.2, 0.25) is 0 Å². The van der Waals surface area contributed by atoms with Crippen LogP contribution < -0.4 is 0 Å². The summed E-state index contributed by atoms with van der Waals surface area (Å²) in [6, 6.07) is 17.6. The van der Waals surface area contributed by atoms with E-state index in [1.165, 1.54) is 0 Å². The fourth-order valence-corrected chi connectivity index (χ4v) is 4.44. The van der Waals surface area contributed by atoms with Crippen LogP contribution in [0.3, 0.4) is 0 Å². The molecule has 0 amide bonds. The molecular formula is C15H13NO2S2. The predicted octanol–water partition coefficient (Wildman–Crippen LogP) is 3.42. The zero-order chi connectivity index (χ0) is 14.4. The monoisotopic (exact) mass is 303 g/mol. The van der Waals surface area contributed by atoms with Crippen LogP contribution in [0.5, 0.6) is 0 Å². The summed E-state index contributed by atoms with van der Waals surface area (Å²) in [6.45, 7) is 0. The van der Waals surface area contributed by atoms with Gasteiger partial charge in [-0.2, -0.15) is 5.26 Å². The normalized spacial score (nSPS) is 12.6. The van der Waals surface area contributed by atoms with E-state index in [0.717, 1.165) is 17.3 Å². The van der Waals surface area contributed by atoms with Gasteiger partial charge in [-0.1, -0.05) is 48.5 Å². The van der Waals surface area contributed by atoms with Gasteiger partial charge >= 0.3 is 0 Å². The van der Waals surface area contributed by atoms with E-state index in [9.17, 15) is 8.42 Å². The maximum absolute atomic E-state index is 12.4. The first-order chi connectivity index (χ1) is 9.63. The Kier molecular flexibility index (Phi) is 4.83. The Morgan fingerprint density at radius 3 is 2.10 bits per heavy atom. The molecule has 0 unspecified atom stereocenters. The number of nitrogens with zero attached hydrogens (tertiary/aromatic N) is 1. The smallest absolute Gasteiger partial charge is 0.179 e. The summed E-state index contributed by atoms with van der Waals surface area (Å²) in [4.78, 5) is 0.291. The van der Waals surface area contributed by atoms with E-state index in [1.807, 2.05) is 35.7 Å². The average Bonchev–Trinajstić information content (AvgIpc) is 2.48. The van der Waals surface area contributed by atoms with Crippen molar-refractivity contribution in [2.24, 2.45) is 0 Å². The molecule has 2 aromatic carbocycles. The number of thioether (sulfide) groups is 1. The van der Waals surface area contributed by atoms with Crippen molar-refractivity contribution in [1.82, 2.24) is 0 Å². The van der Waals surface area contributed by atoms with Gasteiger partial charge in [-0.3, -0.25) is 0 Å². The molecule has 0 saturated carbocycles. The van der Waals surface area contributed by atoms with Crippen molar-refractivity contribution in [3.63, 3.8) is 0 Å². The van der Waals surface area contributed by atoms with E-state index in [0.29, 0.717) is 4.90 Å². The van der Waals surface area contributed by atoms with E-state index in [2.05, 4.69) is 0 Å². The van der Waals surface area contributed by atoms with Crippen LogP contribution in [-0.2, 0) is 9.84 Å². The van der Waals surface area contributed by atoms with Crippen molar-refractivity contribution in [1.29, 1.82) is 5.26 Å². The van der Waals surface area contributed by atoms with E-state index in [-0.39, 0.29) is 11.0 Å². The van der Waals surface area contributed by atoms with Crippen LogP contribution in [0.4, 0.5) is 0 Å². The maximum Gasteiger partial charge on any atom is 0.179 e. The molecule has 20 heavy (non-hydrogen) atoms. The van der Waals surface area contributed by atoms with Gasteiger partial charge in [-0.25, -0.2) is 8.42 Å². The lowest BCUT2D eigenvalue weighted by molar-refractivity contribution is 0.595. The molecule has 0 heterocycles. The maximum atomic E-state index is 12.4. The zero-order valence-corrected chi connectivity index (χ0v) is 12.3. The number of sulfone groups is 1. The SMILES string of the molecule is N#CS[C@H](CS(=O)(=O)c1ccccc1)c1ccccc1. The highest BCUT2D eigenvalue weighted by Crippen LogP contribution is 2.31. The van der Waals surface area contributed by atoms with Crippen LogP contribution >= 0.6 is 11.8 Å². The van der Waals surface area contributed by atoms with Crippen LogP contribution in [0.25, 0.3) is 0 Å². The van der Waals surface area contributed by atoms with Gasteiger partial charge < -0.3 is 0 Å². The fraction of sp³-hybridized carbons (Fsp3) is 0.133. The summed E-state index contributed by atoms with van der Waals surface area (Å²) in [6.07, 6.45) is 0. The molecule has 0 aliphatic carbocycles. The molecule has 0 fully saturated rings. The van der Waals surface area contributed by atoms with Gasteiger partial charge in [0.05, 0.1) is 15.9 Å². The highest BCUT2D eigenvalue weighted by molar-refractivity contribution is 8.04. The largest absolute Gasteiger partial charge is 0.224 e. The quantitative estimate of drug-likeness (QED) is 0.794. The highest BCUT2D eigenvalue weighted by atomic mass is 32.2. The number of benzene rings is 2. The molecule has 0 aliphatic rings. The number of thiocyanates is 1. The summed E-state index contributed by atoms with van der Waals surface area (Å²) in [5.74, 6) is -0.0841. The van der Waals surface area contributed by atoms with E-state index < -0.39 is 9.84 Å². The van der Waals surface area contributed by atoms with Gasteiger partial charge in [0.25, 0.3) is 0 Å². The molecule has 5 heteroatoms. The average molecular weight is 303 g/mol. The van der Waals surface area contributed by atoms with Crippen molar-refractivity contribution in [3.8, 4) is 5.40 Å². The summed E-state index contributed by atoms with van der Waals surface area (Å²) in [5.41, 5.74) is 0.846. The third kappa shape index (κ3) is 3.62. The van der Waals surface area contributed by atoms with Crippen molar-refractivity contribution in [2.45, 2.75) is 10.1 Å². The Bertz CT molecular complexity index is 692. The Hall–Kier alpha value is -1.77. The van der Waals surface area contributed by atoms with E-state index >= 15 is 0 Å². The Morgan fingerprint density at radius 1 is 1.00 bits per heavy atom. The van der Waals surface area contributed by atoms with Gasteiger partial charge in [0.15, 0.2) is 9.84 Å². The Balaban J connectivity index is 2.28. The summed E-state index contributed by atoms with van der Waals surface area (Å²) in [7, 11) is -3.40. The van der Waals surface area contributed by atoms with Crippen LogP contribution in [0.1, 0.15) is 10.8 Å². The Labute approximate surface area is 123 Å². The van der Waals surface area contributed by atoms with Crippen LogP contribution in [0, 0.1) is 10.7 Å². The van der Waals surface area contributed by atoms with Gasteiger partial charge in [0.2, 0.25) is 0 Å². The first-order valence-electron chi connectivity index (χ1n) is 6.01. The number of hydrogen-bond donors (Lipinski definition) is 0. The second-order valence-corrected chi connectivity index (χ2v) is 7.22. The molecule has 0 aliphatic heterocycles. The Morgan fingerprint density at radius 2 is 1.55 bits per heavy atom. The number of hydrogen-bond acceptors (Lipinski definition) is 4. The molecule has 0 aromatic heterocycles. The first kappa shape index (κ1) is 14.6. The molecule has 3 nitrogen and oxygen atoms in total. The van der Waals surface area contributed by atoms with Crippen molar-refractivity contribution >= 4 is 21.6 Å². The minimum Gasteiger partial charge on any atom is -0.224 e. The summed E-state index contributed by atoms with van der Waals surface area (Å²) >= 11 is 0.977. The molecule has 102 valence electrons. The van der Waals surface area contributed by atoms with Gasteiger partial charge in [-0.15, -0.1) is 0 Å². The van der Waals surface area contributed by atoms with Gasteiger partial charge in [0.1, 0.15) is 5.40 Å². The summed E-state index contributed by atoms with van der Waals surface area (Å²) < 4.78 is 24.7. The van der Waals surface area contributed by atoms with Crippen molar-refractivity contribution in [3.05, 3.63) is 66.2 Å². The minimum absolute atomic E-state index is 0.0841. The van der Waals surface area contributed by atoms with Crippen molar-refractivity contribution < 1.29 is 8.42 Å². The lowest BCUT2D eigenvalue weighted by Crippen LogP contribution is -2.12. The first-order valence-corrected chi connectivity index (χ1v) is 8.54. The fourth-order valence-electron chi connectivity index (χ4n) is 1.85. The molecule has 0 bridgehead atoms. The molecule has 2 rings (SSSR count). The van der Waals surface area contributed by atoms with E-state index in [4.69, 9.17) is 5.26 Å². The zero-order valence-electron chi connectivity index (χ0n) is 10.6. The lowest BCUT2D eigenvalue weighted by atomic mass is 10.2. The molecular weight excluding hydrogens is 290 g/mol. The lowest BCUT2D eigenvalue weighted by Gasteiger charge is -2.13. The third-order valence-electron chi connectivity index (χ3n) is 2.84. The number of rotatable bonds is 5. The van der Waals surface area contributed by atoms with Crippen molar-refractivity contribution in [2.75, 3.05) is 5.75 Å². The molecule has 1 atom stereocenters. The number of nitriles is 1. The predicted molar refractivity (Wildman–Crippen MR) is 80.9 cm³/mol. The molecule has 0 spiro atoms. The van der Waals surface area contributed by atoms with Crippen LogP contribution in [0.15, 0.2) is 65.6 Å². The minimum atomic E-state index is -3.40. The standard InChI is InChI=1S/C15H13NO2S2/c16-12-19-15(13-7-3-1-4-8-13)11-20(17,18)14-9-5-2-6-10-14/h1-10,15H,11H2/t15-/m1/s1. The molecule has 0 N–H and O–H groups in total. The molecule has 0 radical (unpaired) electrons. The van der Waals surface area contributed by atoms with Crippen LogP contribution in [-0.4, -0.2) is 14.2 Å². The summed E-state index contributed by atoms with van der Waals surface area (Å²) in [5, 5.41) is 10.5.